The average Bonchev–Trinajstić information content (AvgIpc) is 3.22. The third-order valence-electron chi connectivity index (χ3n) is 9.33. The smallest absolute Gasteiger partial charge is 0.249 e. The molecule has 1 spiro atoms. The van der Waals surface area contributed by atoms with Crippen LogP contribution in [0.1, 0.15) is 59.9 Å². The van der Waals surface area contributed by atoms with Gasteiger partial charge in [0.15, 0.2) is 0 Å². The van der Waals surface area contributed by atoms with Crippen LogP contribution in [-0.4, -0.2) is 86.0 Å². The molecule has 5 rings (SSSR count). The van der Waals surface area contributed by atoms with E-state index < -0.39 is 40.7 Å². The second kappa shape index (κ2) is 10.7. The summed E-state index contributed by atoms with van der Waals surface area (Å²) in [6.07, 6.45) is 8.77. The summed E-state index contributed by atoms with van der Waals surface area (Å²) in [6, 6.07) is 8.29. The molecule has 1 N–H and O–H groups in total. The highest BCUT2D eigenvalue weighted by Gasteiger charge is 2.76. The lowest BCUT2D eigenvalue weighted by atomic mass is 9.73. The Hall–Kier alpha value is -2.97. The SMILES string of the molecule is CC[C@]12C=CCN(Cc3ccccc3)C(=O)[C@H]1[C@H]1C(=O)N([C@@H](CO)CC(C)C)C3C(=O)N(C(C)(C)C)CC=C[C@@]31O2. The van der Waals surface area contributed by atoms with Crippen molar-refractivity contribution < 1.29 is 24.2 Å². The highest BCUT2D eigenvalue weighted by molar-refractivity contribution is 6.00. The molecular weight excluding hydrogens is 518 g/mol. The third-order valence-corrected chi connectivity index (χ3v) is 9.33. The minimum Gasteiger partial charge on any atom is -0.394 e. The zero-order valence-electron chi connectivity index (χ0n) is 25.2. The van der Waals surface area contributed by atoms with Crippen LogP contribution in [0.3, 0.4) is 0 Å². The fourth-order valence-corrected chi connectivity index (χ4v) is 7.51. The van der Waals surface area contributed by atoms with Gasteiger partial charge in [0.05, 0.1) is 30.1 Å². The zero-order chi connectivity index (χ0) is 29.7. The van der Waals surface area contributed by atoms with Crippen LogP contribution < -0.4 is 0 Å². The summed E-state index contributed by atoms with van der Waals surface area (Å²) >= 11 is 0. The van der Waals surface area contributed by atoms with E-state index in [0.29, 0.717) is 32.5 Å². The summed E-state index contributed by atoms with van der Waals surface area (Å²) in [7, 11) is 0. The average molecular weight is 564 g/mol. The van der Waals surface area contributed by atoms with Crippen molar-refractivity contribution >= 4 is 17.7 Å². The molecule has 3 amide bonds. The Kier molecular flexibility index (Phi) is 7.70. The van der Waals surface area contributed by atoms with Crippen molar-refractivity contribution in [1.82, 2.24) is 14.7 Å². The molecule has 1 aromatic carbocycles. The van der Waals surface area contributed by atoms with Crippen molar-refractivity contribution in [1.29, 1.82) is 0 Å². The Balaban J connectivity index is 1.66. The minimum absolute atomic E-state index is 0.140. The maximum Gasteiger partial charge on any atom is 0.249 e. The quantitative estimate of drug-likeness (QED) is 0.513. The Morgan fingerprint density at radius 1 is 0.976 bits per heavy atom. The molecule has 0 saturated carbocycles. The molecule has 0 bridgehead atoms. The monoisotopic (exact) mass is 563 g/mol. The molecule has 4 aliphatic heterocycles. The van der Waals surface area contributed by atoms with Gasteiger partial charge in [0.1, 0.15) is 11.6 Å². The number of ether oxygens (including phenoxy) is 1. The summed E-state index contributed by atoms with van der Waals surface area (Å²) in [5, 5.41) is 10.6. The minimum atomic E-state index is -1.32. The zero-order valence-corrected chi connectivity index (χ0v) is 25.2. The normalized spacial score (nSPS) is 32.2. The molecular formula is C33H45N3O5. The van der Waals surface area contributed by atoms with Gasteiger partial charge in [0.25, 0.3) is 0 Å². The van der Waals surface area contributed by atoms with Crippen LogP contribution in [0.5, 0.6) is 0 Å². The van der Waals surface area contributed by atoms with Crippen molar-refractivity contribution in [2.45, 2.75) is 89.8 Å². The van der Waals surface area contributed by atoms with Gasteiger partial charge in [-0.15, -0.1) is 0 Å². The van der Waals surface area contributed by atoms with Gasteiger partial charge in [-0.25, -0.2) is 0 Å². The van der Waals surface area contributed by atoms with Crippen LogP contribution >= 0.6 is 0 Å². The molecule has 1 unspecified atom stereocenters. The fourth-order valence-electron chi connectivity index (χ4n) is 7.51. The Morgan fingerprint density at radius 3 is 2.27 bits per heavy atom. The van der Waals surface area contributed by atoms with Crippen LogP contribution in [0, 0.1) is 17.8 Å². The number of aliphatic hydroxyl groups is 1. The van der Waals surface area contributed by atoms with Crippen molar-refractivity contribution in [3.05, 3.63) is 60.2 Å². The highest BCUT2D eigenvalue weighted by atomic mass is 16.5. The number of likely N-dealkylation sites (tertiary alicyclic amines) is 1. The molecule has 8 heteroatoms. The lowest BCUT2D eigenvalue weighted by Gasteiger charge is -2.43. The van der Waals surface area contributed by atoms with Crippen molar-refractivity contribution in [2.24, 2.45) is 17.8 Å². The van der Waals surface area contributed by atoms with E-state index in [2.05, 4.69) is 0 Å². The maximum absolute atomic E-state index is 14.7. The van der Waals surface area contributed by atoms with Crippen LogP contribution in [0.2, 0.25) is 0 Å². The van der Waals surface area contributed by atoms with Crippen LogP contribution in [0.25, 0.3) is 0 Å². The number of rotatable bonds is 7. The summed E-state index contributed by atoms with van der Waals surface area (Å²) in [4.78, 5) is 49.0. The number of carbonyl (C=O) groups excluding carboxylic acids is 3. The molecule has 4 heterocycles. The summed E-state index contributed by atoms with van der Waals surface area (Å²) in [6.45, 7) is 12.9. The van der Waals surface area contributed by atoms with E-state index in [0.717, 1.165) is 5.56 Å². The second-order valence-electron chi connectivity index (χ2n) is 13.5. The Morgan fingerprint density at radius 2 is 1.66 bits per heavy atom. The number of benzene rings is 1. The molecule has 6 atom stereocenters. The second-order valence-corrected chi connectivity index (χ2v) is 13.5. The molecule has 4 aliphatic rings. The third kappa shape index (κ3) is 4.73. The summed E-state index contributed by atoms with van der Waals surface area (Å²) in [5.41, 5.74) is -1.84. The first kappa shape index (κ1) is 29.5. The number of carbonyl (C=O) groups is 3. The molecule has 222 valence electrons. The molecule has 1 aromatic rings. The van der Waals surface area contributed by atoms with Gasteiger partial charge < -0.3 is 24.5 Å². The standard InChI is InChI=1S/C33H45N3O5/c1-7-32-15-11-17-34(20-23-13-9-8-10-14-23)28(38)25(32)26-29(39)36(24(21-37)19-22(2)3)27-30(40)35(31(4,5)6)18-12-16-33(26,27)41-32/h8-16,22,24-27,37H,7,17-21H2,1-6H3/t24-,25-,26+,27?,32+,33+/m1/s1. The number of fused-ring (bicyclic) bond motifs is 2. The van der Waals surface area contributed by atoms with Gasteiger partial charge in [0.2, 0.25) is 17.7 Å². The highest BCUT2D eigenvalue weighted by Crippen LogP contribution is 2.59. The van der Waals surface area contributed by atoms with E-state index in [1.165, 1.54) is 0 Å². The van der Waals surface area contributed by atoms with Crippen LogP contribution in [0.4, 0.5) is 0 Å². The summed E-state index contributed by atoms with van der Waals surface area (Å²) in [5.74, 6) is -2.13. The number of hydrogen-bond donors (Lipinski definition) is 1. The number of amides is 3. The van der Waals surface area contributed by atoms with E-state index in [1.807, 2.05) is 96.2 Å². The lowest BCUT2D eigenvalue weighted by Crippen LogP contribution is -2.61. The number of aliphatic hydroxyl groups excluding tert-OH is 1. The molecule has 41 heavy (non-hydrogen) atoms. The molecule has 0 aromatic heterocycles. The predicted octanol–water partition coefficient (Wildman–Crippen LogP) is 3.55. The van der Waals surface area contributed by atoms with Crippen LogP contribution in [0.15, 0.2) is 54.6 Å². The first-order valence-corrected chi connectivity index (χ1v) is 15.0. The van der Waals surface area contributed by atoms with Crippen LogP contribution in [-0.2, 0) is 25.7 Å². The van der Waals surface area contributed by atoms with E-state index >= 15 is 0 Å². The maximum atomic E-state index is 14.7. The van der Waals surface area contributed by atoms with Gasteiger partial charge in [-0.3, -0.25) is 14.4 Å². The number of nitrogens with zero attached hydrogens (tertiary/aromatic N) is 3. The van der Waals surface area contributed by atoms with Gasteiger partial charge >= 0.3 is 0 Å². The lowest BCUT2D eigenvalue weighted by molar-refractivity contribution is -0.160. The molecule has 0 radical (unpaired) electrons. The van der Waals surface area contributed by atoms with E-state index in [4.69, 9.17) is 4.74 Å². The van der Waals surface area contributed by atoms with Gasteiger partial charge in [-0.05, 0) is 45.1 Å². The van der Waals surface area contributed by atoms with Crippen molar-refractivity contribution in [3.63, 3.8) is 0 Å². The molecule has 0 aliphatic carbocycles. The van der Waals surface area contributed by atoms with Gasteiger partial charge in [0, 0.05) is 25.2 Å². The Labute approximate surface area is 244 Å². The predicted molar refractivity (Wildman–Crippen MR) is 156 cm³/mol. The van der Waals surface area contributed by atoms with Crippen molar-refractivity contribution in [2.75, 3.05) is 19.7 Å². The van der Waals surface area contributed by atoms with Gasteiger partial charge in [-0.1, -0.05) is 75.4 Å². The molecule has 2 saturated heterocycles. The van der Waals surface area contributed by atoms with Gasteiger partial charge in [-0.2, -0.15) is 0 Å². The van der Waals surface area contributed by atoms with Crippen molar-refractivity contribution in [3.8, 4) is 0 Å². The molecule has 8 nitrogen and oxygen atoms in total. The Bertz CT molecular complexity index is 1240. The first-order valence-electron chi connectivity index (χ1n) is 15.0. The first-order chi connectivity index (χ1) is 19.4. The van der Waals surface area contributed by atoms with E-state index in [-0.39, 0.29) is 30.2 Å². The van der Waals surface area contributed by atoms with E-state index in [9.17, 15) is 19.5 Å². The molecule has 2 fully saturated rings. The summed E-state index contributed by atoms with van der Waals surface area (Å²) < 4.78 is 7.07. The number of hydrogen-bond acceptors (Lipinski definition) is 5. The van der Waals surface area contributed by atoms with E-state index in [1.54, 1.807) is 14.7 Å². The fraction of sp³-hybridized carbons (Fsp3) is 0.606. The topological polar surface area (TPSA) is 90.4 Å². The largest absolute Gasteiger partial charge is 0.394 e.